The number of ether oxygens (including phenoxy) is 1. The highest BCUT2D eigenvalue weighted by Gasteiger charge is 2.07. The summed E-state index contributed by atoms with van der Waals surface area (Å²) >= 11 is 8.07. The second-order valence-corrected chi connectivity index (χ2v) is 4.88. The fourth-order valence-electron chi connectivity index (χ4n) is 1.32. The molecule has 17 heavy (non-hydrogen) atoms. The fourth-order valence-corrected chi connectivity index (χ4v) is 1.93. The lowest BCUT2D eigenvalue weighted by Gasteiger charge is -2.09. The summed E-state index contributed by atoms with van der Waals surface area (Å²) in [5.41, 5.74) is 0.503. The zero-order valence-corrected chi connectivity index (χ0v) is 11.6. The maximum absolute atomic E-state index is 8.96. The summed E-state index contributed by atoms with van der Waals surface area (Å²) in [6, 6.07) is 14.6. The molecule has 0 aliphatic rings. The van der Waals surface area contributed by atoms with Crippen molar-refractivity contribution in [2.75, 3.05) is 0 Å². The largest absolute Gasteiger partial charge is 0.455 e. The summed E-state index contributed by atoms with van der Waals surface area (Å²) in [4.78, 5) is 0. The van der Waals surface area contributed by atoms with Crippen LogP contribution in [-0.2, 0) is 0 Å². The van der Waals surface area contributed by atoms with Gasteiger partial charge >= 0.3 is 0 Å². The minimum atomic E-state index is 0.503. The minimum absolute atomic E-state index is 0.503. The van der Waals surface area contributed by atoms with E-state index in [4.69, 9.17) is 21.6 Å². The van der Waals surface area contributed by atoms with E-state index in [1.54, 1.807) is 30.3 Å². The smallest absolute Gasteiger partial charge is 0.145 e. The van der Waals surface area contributed by atoms with Gasteiger partial charge in [-0.15, -0.1) is 0 Å². The first kappa shape index (κ1) is 12.2. The molecule has 0 saturated heterocycles. The zero-order chi connectivity index (χ0) is 12.3. The number of nitrogens with zero attached hydrogens (tertiary/aromatic N) is 1. The van der Waals surface area contributed by atoms with E-state index < -0.39 is 0 Å². The van der Waals surface area contributed by atoms with Gasteiger partial charge in [0.25, 0.3) is 0 Å². The molecule has 4 heteroatoms. The standard InChI is InChI=1S/C13H7ClINO/c14-10-5-6-11(15)13(7-10)17-12-4-2-1-3-9(12)8-16/h1-7H. The Hall–Kier alpha value is -1.25. The van der Waals surface area contributed by atoms with E-state index in [0.717, 1.165) is 3.57 Å². The van der Waals surface area contributed by atoms with E-state index in [-0.39, 0.29) is 0 Å². The van der Waals surface area contributed by atoms with Gasteiger partial charge in [-0.25, -0.2) is 0 Å². The first-order chi connectivity index (χ1) is 8.20. The number of hydrogen-bond donors (Lipinski definition) is 0. The van der Waals surface area contributed by atoms with Crippen LogP contribution in [0.15, 0.2) is 42.5 Å². The van der Waals surface area contributed by atoms with Gasteiger partial charge < -0.3 is 4.74 Å². The molecule has 0 N–H and O–H groups in total. The molecule has 0 amide bonds. The third-order valence-corrected chi connectivity index (χ3v) is 3.25. The van der Waals surface area contributed by atoms with Crippen LogP contribution in [0.25, 0.3) is 0 Å². The number of nitriles is 1. The molecule has 0 unspecified atom stereocenters. The van der Waals surface area contributed by atoms with Gasteiger partial charge in [0.2, 0.25) is 0 Å². The highest BCUT2D eigenvalue weighted by molar-refractivity contribution is 14.1. The Morgan fingerprint density at radius 3 is 2.65 bits per heavy atom. The highest BCUT2D eigenvalue weighted by Crippen LogP contribution is 2.30. The first-order valence-electron chi connectivity index (χ1n) is 4.83. The van der Waals surface area contributed by atoms with Crippen molar-refractivity contribution in [3.05, 3.63) is 56.6 Å². The predicted molar refractivity (Wildman–Crippen MR) is 75.4 cm³/mol. The van der Waals surface area contributed by atoms with Crippen LogP contribution in [0.3, 0.4) is 0 Å². The monoisotopic (exact) mass is 355 g/mol. The summed E-state index contributed by atoms with van der Waals surface area (Å²) in [7, 11) is 0. The number of benzene rings is 2. The maximum atomic E-state index is 8.96. The summed E-state index contributed by atoms with van der Waals surface area (Å²) in [5, 5.41) is 9.57. The summed E-state index contributed by atoms with van der Waals surface area (Å²) in [6.07, 6.45) is 0. The van der Waals surface area contributed by atoms with E-state index in [9.17, 15) is 0 Å². The zero-order valence-electron chi connectivity index (χ0n) is 8.65. The predicted octanol–water partition coefficient (Wildman–Crippen LogP) is 4.61. The molecular weight excluding hydrogens is 349 g/mol. The van der Waals surface area contributed by atoms with Gasteiger partial charge in [-0.05, 0) is 46.9 Å². The third kappa shape index (κ3) is 2.90. The van der Waals surface area contributed by atoms with Crippen molar-refractivity contribution in [3.8, 4) is 17.6 Å². The molecule has 2 aromatic carbocycles. The average molecular weight is 356 g/mol. The number of hydrogen-bond acceptors (Lipinski definition) is 2. The van der Waals surface area contributed by atoms with Crippen molar-refractivity contribution in [3.63, 3.8) is 0 Å². The lowest BCUT2D eigenvalue weighted by Crippen LogP contribution is -1.90. The highest BCUT2D eigenvalue weighted by atomic mass is 127. The van der Waals surface area contributed by atoms with E-state index in [1.807, 2.05) is 12.1 Å². The number of rotatable bonds is 2. The van der Waals surface area contributed by atoms with Crippen molar-refractivity contribution in [2.45, 2.75) is 0 Å². The second kappa shape index (κ2) is 5.39. The average Bonchev–Trinajstić information content (AvgIpc) is 2.34. The van der Waals surface area contributed by atoms with Gasteiger partial charge in [0.05, 0.1) is 9.13 Å². The molecule has 0 spiro atoms. The quantitative estimate of drug-likeness (QED) is 0.737. The van der Waals surface area contributed by atoms with Crippen molar-refractivity contribution >= 4 is 34.2 Å². The first-order valence-corrected chi connectivity index (χ1v) is 6.28. The molecule has 0 heterocycles. The van der Waals surface area contributed by atoms with Gasteiger partial charge in [-0.2, -0.15) is 5.26 Å². The maximum Gasteiger partial charge on any atom is 0.145 e. The van der Waals surface area contributed by atoms with Crippen molar-refractivity contribution < 1.29 is 4.74 Å². The van der Waals surface area contributed by atoms with Crippen LogP contribution in [0.1, 0.15) is 5.56 Å². The molecule has 0 aliphatic carbocycles. The Kier molecular flexibility index (Phi) is 3.87. The SMILES string of the molecule is N#Cc1ccccc1Oc1cc(Cl)ccc1I. The summed E-state index contributed by atoms with van der Waals surface area (Å²) < 4.78 is 6.64. The molecule has 0 fully saturated rings. The molecule has 2 nitrogen and oxygen atoms in total. The second-order valence-electron chi connectivity index (χ2n) is 3.28. The van der Waals surface area contributed by atoms with Gasteiger partial charge in [0, 0.05) is 11.1 Å². The van der Waals surface area contributed by atoms with Crippen LogP contribution in [0.5, 0.6) is 11.5 Å². The Labute approximate surface area is 118 Å². The van der Waals surface area contributed by atoms with Gasteiger partial charge in [-0.1, -0.05) is 23.7 Å². The molecule has 0 aliphatic heterocycles. The molecule has 0 atom stereocenters. The molecule has 0 saturated carbocycles. The van der Waals surface area contributed by atoms with Gasteiger partial charge in [0.1, 0.15) is 17.6 Å². The topological polar surface area (TPSA) is 33.0 Å². The molecule has 2 aromatic rings. The third-order valence-electron chi connectivity index (χ3n) is 2.12. The van der Waals surface area contributed by atoms with E-state index in [0.29, 0.717) is 22.1 Å². The Balaban J connectivity index is 2.38. The fraction of sp³-hybridized carbons (Fsp3) is 0. The van der Waals surface area contributed by atoms with Crippen molar-refractivity contribution in [1.29, 1.82) is 5.26 Å². The molecule has 0 bridgehead atoms. The van der Waals surface area contributed by atoms with Gasteiger partial charge in [-0.3, -0.25) is 0 Å². The normalized spacial score (nSPS) is 9.71. The van der Waals surface area contributed by atoms with Crippen LogP contribution in [0, 0.1) is 14.9 Å². The van der Waals surface area contributed by atoms with Crippen molar-refractivity contribution in [2.24, 2.45) is 0 Å². The number of para-hydroxylation sites is 1. The van der Waals surface area contributed by atoms with Crippen LogP contribution >= 0.6 is 34.2 Å². The molecule has 2 rings (SSSR count). The van der Waals surface area contributed by atoms with Crippen LogP contribution < -0.4 is 4.74 Å². The molecule has 0 radical (unpaired) electrons. The van der Waals surface area contributed by atoms with E-state index >= 15 is 0 Å². The Morgan fingerprint density at radius 1 is 1.12 bits per heavy atom. The molecule has 0 aromatic heterocycles. The lowest BCUT2D eigenvalue weighted by molar-refractivity contribution is 0.478. The van der Waals surface area contributed by atoms with E-state index in [1.165, 1.54) is 0 Å². The summed E-state index contributed by atoms with van der Waals surface area (Å²) in [6.45, 7) is 0. The lowest BCUT2D eigenvalue weighted by atomic mass is 10.2. The minimum Gasteiger partial charge on any atom is -0.455 e. The van der Waals surface area contributed by atoms with Crippen LogP contribution in [0.4, 0.5) is 0 Å². The van der Waals surface area contributed by atoms with E-state index in [2.05, 4.69) is 28.7 Å². The van der Waals surface area contributed by atoms with Crippen molar-refractivity contribution in [1.82, 2.24) is 0 Å². The molecule has 84 valence electrons. The Bertz CT molecular complexity index is 592. The van der Waals surface area contributed by atoms with Crippen LogP contribution in [0.2, 0.25) is 5.02 Å². The van der Waals surface area contributed by atoms with Crippen LogP contribution in [-0.4, -0.2) is 0 Å². The molecular formula is C13H7ClINO. The number of halogens is 2. The summed E-state index contributed by atoms with van der Waals surface area (Å²) in [5.74, 6) is 1.19. The Morgan fingerprint density at radius 2 is 1.88 bits per heavy atom. The van der Waals surface area contributed by atoms with Gasteiger partial charge in [0.15, 0.2) is 0 Å².